The van der Waals surface area contributed by atoms with Crippen LogP contribution in [0.5, 0.6) is 23.0 Å². The molecule has 0 aromatic heterocycles. The van der Waals surface area contributed by atoms with E-state index in [-0.39, 0.29) is 56.8 Å². The highest BCUT2D eigenvalue weighted by molar-refractivity contribution is 5.85. The lowest BCUT2D eigenvalue weighted by Crippen LogP contribution is -2.54. The molecule has 4 aliphatic rings. The molecule has 0 bridgehead atoms. The van der Waals surface area contributed by atoms with Crippen molar-refractivity contribution in [1.82, 2.24) is 15.1 Å². The molecule has 4 atom stereocenters. The molecule has 4 heterocycles. The molecule has 2 saturated heterocycles. The van der Waals surface area contributed by atoms with Crippen molar-refractivity contribution in [3.63, 3.8) is 0 Å². The number of carboxylic acid groups (broad SMARTS) is 1. The number of nitrogens with two attached hydrogens (primary N) is 1. The fourth-order valence-corrected chi connectivity index (χ4v) is 9.00. The van der Waals surface area contributed by atoms with Crippen LogP contribution in [-0.4, -0.2) is 127 Å². The van der Waals surface area contributed by atoms with E-state index < -0.39 is 72.5 Å². The van der Waals surface area contributed by atoms with Gasteiger partial charge in [0.2, 0.25) is 0 Å². The number of aliphatic carboxylic acids is 1. The average Bonchev–Trinajstić information content (AvgIpc) is 3.39. The Morgan fingerprint density at radius 3 is 1.51 bits per heavy atom. The molecule has 75 heavy (non-hydrogen) atoms. The van der Waals surface area contributed by atoms with Crippen LogP contribution in [0.2, 0.25) is 0 Å². The fourth-order valence-electron chi connectivity index (χ4n) is 9.00. The first-order valence-corrected chi connectivity index (χ1v) is 24.9. The van der Waals surface area contributed by atoms with Gasteiger partial charge in [-0.2, -0.15) is 17.6 Å². The molecule has 0 unspecified atom stereocenters. The van der Waals surface area contributed by atoms with Crippen LogP contribution in [0, 0.1) is 11.6 Å². The Kier molecular flexibility index (Phi) is 17.7. The third kappa shape index (κ3) is 14.0. The Balaban J connectivity index is 0.000000182. The van der Waals surface area contributed by atoms with Gasteiger partial charge in [-0.05, 0) is 120 Å². The van der Waals surface area contributed by atoms with E-state index in [1.54, 1.807) is 18.2 Å². The van der Waals surface area contributed by atoms with Crippen LogP contribution in [0.4, 0.5) is 26.3 Å². The summed E-state index contributed by atoms with van der Waals surface area (Å²) < 4.78 is 106. The molecule has 2 fully saturated rings. The van der Waals surface area contributed by atoms with Crippen LogP contribution in [0.3, 0.4) is 0 Å². The number of nitrogens with zero attached hydrogens (tertiary/aromatic N) is 2. The summed E-state index contributed by atoms with van der Waals surface area (Å²) in [5.74, 6) is -11.6. The van der Waals surface area contributed by atoms with Crippen molar-refractivity contribution in [2.24, 2.45) is 5.73 Å². The van der Waals surface area contributed by atoms with Gasteiger partial charge in [0.05, 0.1) is 12.1 Å². The summed E-state index contributed by atoms with van der Waals surface area (Å²) in [7, 11) is 0. The number of fused-ring (bicyclic) bond motifs is 4. The maximum Gasteiger partial charge on any atom is 0.374 e. The van der Waals surface area contributed by atoms with E-state index >= 15 is 0 Å². The van der Waals surface area contributed by atoms with Gasteiger partial charge in [0.1, 0.15) is 32.5 Å². The number of ether oxygens (including phenoxy) is 4. The van der Waals surface area contributed by atoms with Gasteiger partial charge < -0.3 is 55.1 Å². The Hall–Kier alpha value is -6.64. The van der Waals surface area contributed by atoms with Crippen LogP contribution < -0.4 is 30.0 Å². The number of likely N-dealkylation sites (tertiary alicyclic amines) is 2. The minimum Gasteiger partial charge on any atom is -0.486 e. The lowest BCUT2D eigenvalue weighted by molar-refractivity contribution is -0.165. The van der Waals surface area contributed by atoms with E-state index in [2.05, 4.69) is 10.2 Å². The quantitative estimate of drug-likeness (QED) is 0.0551. The SMILES string of the molecule is N[C@H](CN1CCC1)[C@H](O)c1cc(F)c2c(c1)OCCO2.O=C(N[C@H](CN1CCC1)[C@H](O)c1cc(F)c2c(c1)OCCO2)C(F)(F)CCc1ccc2ccccc2c1.O=C(O)C(F)(F)CCc1ccc2ccccc2c1.[HH]. The molecule has 4 aliphatic heterocycles. The molecule has 1 amide bonds. The average molecular weight is 1050 g/mol. The number of aliphatic hydroxyl groups excluding tert-OH is 2. The molecule has 6 N–H and O–H groups in total. The van der Waals surface area contributed by atoms with Gasteiger partial charge in [-0.3, -0.25) is 4.79 Å². The molecule has 6 aromatic carbocycles. The summed E-state index contributed by atoms with van der Waals surface area (Å²) in [6.45, 7) is 5.38. The van der Waals surface area contributed by atoms with Crippen LogP contribution >= 0.6 is 0 Å². The summed E-state index contributed by atoms with van der Waals surface area (Å²) in [6.07, 6.45) is -1.53. The zero-order valence-electron chi connectivity index (χ0n) is 41.0. The molecule has 10 rings (SSSR count). The Morgan fingerprint density at radius 1 is 0.600 bits per heavy atom. The molecular formula is C56H62F6N4O9. The highest BCUT2D eigenvalue weighted by Crippen LogP contribution is 2.38. The van der Waals surface area contributed by atoms with E-state index in [0.29, 0.717) is 36.6 Å². The minimum absolute atomic E-state index is 0. The summed E-state index contributed by atoms with van der Waals surface area (Å²) in [6, 6.07) is 30.0. The number of carboxylic acids is 1. The van der Waals surface area contributed by atoms with E-state index in [1.807, 2.05) is 77.7 Å². The molecule has 19 heteroatoms. The van der Waals surface area contributed by atoms with Gasteiger partial charge in [-0.1, -0.05) is 84.9 Å². The van der Waals surface area contributed by atoms with Crippen molar-refractivity contribution in [3.05, 3.63) is 143 Å². The summed E-state index contributed by atoms with van der Waals surface area (Å²) in [5.41, 5.74) is 7.97. The van der Waals surface area contributed by atoms with Gasteiger partial charge in [0.15, 0.2) is 34.6 Å². The smallest absolute Gasteiger partial charge is 0.374 e. The topological polar surface area (TPSA) is 176 Å². The summed E-state index contributed by atoms with van der Waals surface area (Å²) >= 11 is 0. The second kappa shape index (κ2) is 24.4. The first-order valence-electron chi connectivity index (χ1n) is 24.9. The van der Waals surface area contributed by atoms with Crippen LogP contribution in [0.25, 0.3) is 21.5 Å². The number of hydrogen-bond acceptors (Lipinski definition) is 11. The Morgan fingerprint density at radius 2 is 1.04 bits per heavy atom. The third-order valence-electron chi connectivity index (χ3n) is 13.6. The first-order chi connectivity index (χ1) is 35.9. The second-order valence-electron chi connectivity index (χ2n) is 19.1. The molecule has 0 saturated carbocycles. The maximum absolute atomic E-state index is 15.0. The van der Waals surface area contributed by atoms with Crippen molar-refractivity contribution in [2.75, 3.05) is 65.7 Å². The van der Waals surface area contributed by atoms with Crippen molar-refractivity contribution < 1.29 is 71.6 Å². The van der Waals surface area contributed by atoms with Crippen LogP contribution in [0.15, 0.2) is 109 Å². The monoisotopic (exact) mass is 1050 g/mol. The third-order valence-corrected chi connectivity index (χ3v) is 13.6. The first kappa shape index (κ1) is 54.6. The van der Waals surface area contributed by atoms with Crippen LogP contribution in [0.1, 0.15) is 61.6 Å². The van der Waals surface area contributed by atoms with E-state index in [4.69, 9.17) is 29.8 Å². The molecule has 0 aliphatic carbocycles. The number of carbonyl (C=O) groups excluding carboxylic acids is 1. The predicted molar refractivity (Wildman–Crippen MR) is 271 cm³/mol. The maximum atomic E-state index is 15.0. The summed E-state index contributed by atoms with van der Waals surface area (Å²) in [4.78, 5) is 27.1. The highest BCUT2D eigenvalue weighted by atomic mass is 19.3. The number of alkyl halides is 4. The molecule has 0 spiro atoms. The largest absolute Gasteiger partial charge is 0.486 e. The predicted octanol–water partition coefficient (Wildman–Crippen LogP) is 8.64. The zero-order valence-corrected chi connectivity index (χ0v) is 41.0. The zero-order chi connectivity index (χ0) is 53.3. The minimum atomic E-state index is -3.66. The lowest BCUT2D eigenvalue weighted by atomic mass is 9.98. The molecular weight excluding hydrogens is 987 g/mol. The summed E-state index contributed by atoms with van der Waals surface area (Å²) in [5, 5.41) is 36.0. The van der Waals surface area contributed by atoms with Crippen molar-refractivity contribution in [1.29, 1.82) is 0 Å². The second-order valence-corrected chi connectivity index (χ2v) is 19.1. The number of rotatable bonds is 17. The van der Waals surface area contributed by atoms with Gasteiger partial charge in [0.25, 0.3) is 5.91 Å². The molecule has 6 aromatic rings. The van der Waals surface area contributed by atoms with Crippen molar-refractivity contribution in [2.45, 2.75) is 74.7 Å². The van der Waals surface area contributed by atoms with Gasteiger partial charge >= 0.3 is 17.8 Å². The number of aryl methyl sites for hydroxylation is 2. The van der Waals surface area contributed by atoms with Crippen LogP contribution in [-0.2, 0) is 22.4 Å². The molecule has 0 radical (unpaired) electrons. The van der Waals surface area contributed by atoms with Gasteiger partial charge in [-0.25, -0.2) is 13.6 Å². The number of hydrogen-bond donors (Lipinski definition) is 5. The standard InChI is InChI=1S/C28H29F3N2O4.C14H12F2O2.C14H19FN2O3.H2/c29-22-15-21(16-24-26(22)37-13-12-36-24)25(34)23(17-33-10-3-11-33)32-27(35)28(30,31)9-8-18-6-7-19-4-1-2-5-20(19)14-18;15-14(16,13(17)18)8-7-10-5-6-11-3-1-2-4-12(11)9-10;15-10-6-9(7-12-14(10)20-5-4-19-12)13(18)11(16)8-17-2-1-3-17;/h1-2,4-7,14-16,23,25,34H,3,8-13,17H2,(H,32,35);1-6,9H,7-8H2,(H,17,18);6-7,11,13,18H,1-5,8,16H2;1H/t23-,25-;;11-,13-;/m1.1./s1. The van der Waals surface area contributed by atoms with Crippen molar-refractivity contribution >= 4 is 33.4 Å². The molecule has 13 nitrogen and oxygen atoms in total. The molecule has 402 valence electrons. The lowest BCUT2D eigenvalue weighted by Gasteiger charge is -2.36. The number of carbonyl (C=O) groups is 2. The Labute approximate surface area is 431 Å². The number of halogens is 6. The highest BCUT2D eigenvalue weighted by Gasteiger charge is 2.41. The van der Waals surface area contributed by atoms with Gasteiger partial charge in [-0.15, -0.1) is 0 Å². The number of benzene rings is 6. The normalized spacial score (nSPS) is 16.9. The van der Waals surface area contributed by atoms with E-state index in [1.165, 1.54) is 18.6 Å². The van der Waals surface area contributed by atoms with E-state index in [9.17, 15) is 46.1 Å². The van der Waals surface area contributed by atoms with Gasteiger partial charge in [0, 0.05) is 33.4 Å². The van der Waals surface area contributed by atoms with E-state index in [0.717, 1.165) is 65.8 Å². The van der Waals surface area contributed by atoms with Crippen molar-refractivity contribution in [3.8, 4) is 23.0 Å². The number of amides is 1. The number of aliphatic hydroxyl groups is 2. The fraction of sp³-hybridized carbons (Fsp3) is 0.393. The Bertz CT molecular complexity index is 2950. The number of nitrogens with one attached hydrogen (secondary N) is 1.